The number of rotatable bonds is 4. The van der Waals surface area contributed by atoms with Crippen LogP contribution >= 0.6 is 11.6 Å². The third kappa shape index (κ3) is 1.71. The largest absolute Gasteiger partial charge is 0.455 e. The normalized spacial score (nSPS) is 44.6. The molecule has 3 aliphatic rings. The summed E-state index contributed by atoms with van der Waals surface area (Å²) in [4.78, 5) is 12.2. The lowest BCUT2D eigenvalue weighted by Gasteiger charge is -2.55. The first kappa shape index (κ1) is 14.4. The lowest BCUT2D eigenvalue weighted by Crippen LogP contribution is -2.80. The summed E-state index contributed by atoms with van der Waals surface area (Å²) in [5, 5.41) is 14.1. The maximum atomic E-state index is 12.2. The Morgan fingerprint density at radius 3 is 3.05 bits per heavy atom. The Balaban J connectivity index is 1.87. The van der Waals surface area contributed by atoms with Gasteiger partial charge in [-0.15, -0.1) is 11.6 Å². The van der Waals surface area contributed by atoms with Crippen LogP contribution in [0.3, 0.4) is 0 Å². The molecule has 0 aromatic carbocycles. The van der Waals surface area contributed by atoms with E-state index in [1.807, 2.05) is 13.0 Å². The van der Waals surface area contributed by atoms with Crippen LogP contribution in [0.5, 0.6) is 0 Å². The molecule has 5 heteroatoms. The van der Waals surface area contributed by atoms with Crippen molar-refractivity contribution in [3.05, 3.63) is 12.2 Å². The zero-order valence-electron chi connectivity index (χ0n) is 11.8. The molecule has 20 heavy (non-hydrogen) atoms. The number of hydrogen-bond acceptors (Lipinski definition) is 4. The summed E-state index contributed by atoms with van der Waals surface area (Å²) >= 11 is 5.85. The second-order valence-corrected chi connectivity index (χ2v) is 6.71. The number of hydrogen-bond donors (Lipinski definition) is 2. The fraction of sp³-hybridized carbons (Fsp3) is 0.800. The molecule has 0 aromatic rings. The van der Waals surface area contributed by atoms with Gasteiger partial charge in [-0.05, 0) is 32.6 Å². The minimum atomic E-state index is -0.948. The van der Waals surface area contributed by atoms with Gasteiger partial charge in [0.15, 0.2) is 5.54 Å². The van der Waals surface area contributed by atoms with E-state index in [1.54, 1.807) is 0 Å². The van der Waals surface area contributed by atoms with E-state index < -0.39 is 17.2 Å². The maximum absolute atomic E-state index is 12.2. The van der Waals surface area contributed by atoms with E-state index in [1.165, 1.54) is 0 Å². The molecule has 5 atom stereocenters. The molecular weight excluding hydrogens is 278 g/mol. The lowest BCUT2D eigenvalue weighted by atomic mass is 9.64. The standard InChI is InChI=1S/C15H22ClNO3/c1-14-11(7-8-16)9-17-15(14,13(19)20-14)12(18)10-5-3-2-4-6-10/h3,5,10-12,17-18H,2,4,6-9H2,1H3/t10-,11+,12+,14+,15+/m1/s1. The van der Waals surface area contributed by atoms with Crippen LogP contribution in [0.2, 0.25) is 0 Å². The van der Waals surface area contributed by atoms with E-state index in [0.717, 1.165) is 25.7 Å². The van der Waals surface area contributed by atoms with Gasteiger partial charge in [-0.2, -0.15) is 0 Å². The molecule has 2 N–H and O–H groups in total. The van der Waals surface area contributed by atoms with Gasteiger partial charge < -0.3 is 9.84 Å². The Morgan fingerprint density at radius 2 is 2.45 bits per heavy atom. The van der Waals surface area contributed by atoms with E-state index in [-0.39, 0.29) is 17.8 Å². The fourth-order valence-electron chi connectivity index (χ4n) is 4.09. The minimum absolute atomic E-state index is 0.0261. The second kappa shape index (κ2) is 5.00. The molecule has 0 radical (unpaired) electrons. The van der Waals surface area contributed by atoms with Gasteiger partial charge in [0.2, 0.25) is 0 Å². The van der Waals surface area contributed by atoms with Crippen molar-refractivity contribution in [2.24, 2.45) is 11.8 Å². The van der Waals surface area contributed by atoms with Crippen molar-refractivity contribution in [1.82, 2.24) is 5.32 Å². The first-order valence-electron chi connectivity index (χ1n) is 7.45. The maximum Gasteiger partial charge on any atom is 0.333 e. The van der Waals surface area contributed by atoms with Crippen LogP contribution in [0.15, 0.2) is 12.2 Å². The van der Waals surface area contributed by atoms with Gasteiger partial charge in [-0.25, -0.2) is 4.79 Å². The number of carbonyl (C=O) groups is 1. The smallest absolute Gasteiger partial charge is 0.333 e. The van der Waals surface area contributed by atoms with E-state index in [0.29, 0.717) is 12.4 Å². The summed E-state index contributed by atoms with van der Waals surface area (Å²) in [6.45, 7) is 2.60. The number of nitrogens with one attached hydrogen (secondary N) is 1. The van der Waals surface area contributed by atoms with Crippen molar-refractivity contribution in [2.75, 3.05) is 12.4 Å². The monoisotopic (exact) mass is 299 g/mol. The highest BCUT2D eigenvalue weighted by Gasteiger charge is 2.76. The zero-order chi connectivity index (χ0) is 14.4. The summed E-state index contributed by atoms with van der Waals surface area (Å²) < 4.78 is 5.49. The topological polar surface area (TPSA) is 58.6 Å². The molecule has 2 aliphatic heterocycles. The van der Waals surface area contributed by atoms with Crippen molar-refractivity contribution >= 4 is 17.6 Å². The first-order chi connectivity index (χ1) is 9.56. The average Bonchev–Trinajstić information content (AvgIpc) is 2.68. The van der Waals surface area contributed by atoms with Crippen molar-refractivity contribution in [3.63, 3.8) is 0 Å². The number of ether oxygens (including phenoxy) is 1. The van der Waals surface area contributed by atoms with E-state index in [2.05, 4.69) is 11.4 Å². The van der Waals surface area contributed by atoms with Gasteiger partial charge in [-0.3, -0.25) is 5.32 Å². The van der Waals surface area contributed by atoms with Crippen LogP contribution < -0.4 is 5.32 Å². The number of halogens is 1. The molecule has 4 nitrogen and oxygen atoms in total. The predicted octanol–water partition coefficient (Wildman–Crippen LogP) is 1.61. The minimum Gasteiger partial charge on any atom is -0.455 e. The summed E-state index contributed by atoms with van der Waals surface area (Å²) in [5.41, 5.74) is -1.58. The molecular formula is C15H22ClNO3. The highest BCUT2D eigenvalue weighted by atomic mass is 35.5. The number of aliphatic hydroxyl groups excluding tert-OH is 1. The van der Waals surface area contributed by atoms with E-state index >= 15 is 0 Å². The van der Waals surface area contributed by atoms with Gasteiger partial charge in [0.1, 0.15) is 5.60 Å². The number of carbonyl (C=O) groups excluding carboxylic acids is 1. The number of fused-ring (bicyclic) bond motifs is 1. The van der Waals surface area contributed by atoms with E-state index in [9.17, 15) is 9.90 Å². The zero-order valence-corrected chi connectivity index (χ0v) is 12.5. The second-order valence-electron chi connectivity index (χ2n) is 6.33. The summed E-state index contributed by atoms with van der Waals surface area (Å²) in [6.07, 6.45) is 7.24. The fourth-order valence-corrected chi connectivity index (χ4v) is 4.36. The third-order valence-corrected chi connectivity index (χ3v) is 5.63. The summed E-state index contributed by atoms with van der Waals surface area (Å²) in [5.74, 6) is 0.413. The SMILES string of the molecule is C[C@@]12OC(=O)[C@]1([C@@H](O)[C@@H]1C=CCCC1)NC[C@@H]2CCCl. The van der Waals surface area contributed by atoms with Crippen LogP contribution in [-0.4, -0.2) is 40.7 Å². The summed E-state index contributed by atoms with van der Waals surface area (Å²) in [7, 11) is 0. The summed E-state index contributed by atoms with van der Waals surface area (Å²) in [6, 6.07) is 0. The quantitative estimate of drug-likeness (QED) is 0.470. The average molecular weight is 300 g/mol. The number of allylic oxidation sites excluding steroid dienone is 1. The Hall–Kier alpha value is -0.580. The Morgan fingerprint density at radius 1 is 1.65 bits per heavy atom. The van der Waals surface area contributed by atoms with Crippen LogP contribution in [-0.2, 0) is 9.53 Å². The van der Waals surface area contributed by atoms with Crippen molar-refractivity contribution in [3.8, 4) is 0 Å². The van der Waals surface area contributed by atoms with Crippen LogP contribution in [0, 0.1) is 11.8 Å². The third-order valence-electron chi connectivity index (χ3n) is 5.41. The Kier molecular flexibility index (Phi) is 3.59. The molecule has 0 aromatic heterocycles. The highest BCUT2D eigenvalue weighted by molar-refractivity contribution is 6.17. The molecule has 1 aliphatic carbocycles. The van der Waals surface area contributed by atoms with E-state index in [4.69, 9.17) is 16.3 Å². The van der Waals surface area contributed by atoms with Gasteiger partial charge in [-0.1, -0.05) is 12.2 Å². The number of aliphatic hydroxyl groups is 1. The molecule has 0 bridgehead atoms. The first-order valence-corrected chi connectivity index (χ1v) is 7.99. The van der Waals surface area contributed by atoms with Gasteiger partial charge in [0, 0.05) is 24.3 Å². The number of esters is 1. The van der Waals surface area contributed by atoms with Crippen LogP contribution in [0.1, 0.15) is 32.6 Å². The van der Waals surface area contributed by atoms with Crippen molar-refractivity contribution in [1.29, 1.82) is 0 Å². The Bertz CT molecular complexity index is 441. The molecule has 2 heterocycles. The molecule has 0 amide bonds. The highest BCUT2D eigenvalue weighted by Crippen LogP contribution is 2.52. The molecule has 0 unspecified atom stereocenters. The van der Waals surface area contributed by atoms with Crippen molar-refractivity contribution < 1.29 is 14.6 Å². The predicted molar refractivity (Wildman–Crippen MR) is 76.5 cm³/mol. The molecule has 3 rings (SSSR count). The van der Waals surface area contributed by atoms with Gasteiger partial charge >= 0.3 is 5.97 Å². The lowest BCUT2D eigenvalue weighted by molar-refractivity contribution is -0.238. The van der Waals surface area contributed by atoms with Crippen LogP contribution in [0.4, 0.5) is 0 Å². The molecule has 2 fully saturated rings. The molecule has 0 spiro atoms. The molecule has 112 valence electrons. The molecule has 0 saturated carbocycles. The number of alkyl halides is 1. The van der Waals surface area contributed by atoms with Crippen LogP contribution in [0.25, 0.3) is 0 Å². The van der Waals surface area contributed by atoms with Gasteiger partial charge in [0.25, 0.3) is 0 Å². The van der Waals surface area contributed by atoms with Gasteiger partial charge in [0.05, 0.1) is 6.10 Å². The molecule has 2 saturated heterocycles. The Labute approximate surface area is 124 Å². The van der Waals surface area contributed by atoms with Crippen molar-refractivity contribution in [2.45, 2.75) is 49.9 Å².